The van der Waals surface area contributed by atoms with Crippen LogP contribution in [-0.2, 0) is 5.41 Å². The average molecular weight is 274 g/mol. The number of H-pyrrole nitrogens is 1. The second-order valence-electron chi connectivity index (χ2n) is 6.68. The van der Waals surface area contributed by atoms with E-state index in [0.717, 1.165) is 6.42 Å². The Labute approximate surface area is 124 Å². The lowest BCUT2D eigenvalue weighted by Crippen LogP contribution is -2.00. The average Bonchev–Trinajstić information content (AvgIpc) is 3.01. The van der Waals surface area contributed by atoms with Crippen LogP contribution in [0.25, 0.3) is 0 Å². The first-order valence-electron chi connectivity index (χ1n) is 8.36. The van der Waals surface area contributed by atoms with E-state index >= 15 is 0 Å². The first-order valence-corrected chi connectivity index (χ1v) is 8.36. The number of allylic oxidation sites excluding steroid dienone is 1. The van der Waals surface area contributed by atoms with Gasteiger partial charge in [0.2, 0.25) is 0 Å². The van der Waals surface area contributed by atoms with E-state index in [4.69, 9.17) is 0 Å². The molecule has 112 valence electrons. The quantitative estimate of drug-likeness (QED) is 0.444. The summed E-state index contributed by atoms with van der Waals surface area (Å²) in [4.78, 5) is 0. The topological polar surface area (TPSA) is 28.7 Å². The van der Waals surface area contributed by atoms with Crippen LogP contribution in [-0.4, -0.2) is 10.2 Å². The van der Waals surface area contributed by atoms with Crippen LogP contribution in [0.3, 0.4) is 0 Å². The Morgan fingerprint density at radius 2 is 2.10 bits per heavy atom. The fourth-order valence-electron chi connectivity index (χ4n) is 2.90. The summed E-state index contributed by atoms with van der Waals surface area (Å²) in [5, 5.41) is 7.91. The van der Waals surface area contributed by atoms with Gasteiger partial charge in [0.25, 0.3) is 0 Å². The van der Waals surface area contributed by atoms with E-state index in [9.17, 15) is 0 Å². The molecular weight excluding hydrogens is 244 g/mol. The molecule has 2 nitrogen and oxygen atoms in total. The molecule has 1 N–H and O–H groups in total. The van der Waals surface area contributed by atoms with Crippen LogP contribution in [0, 0.1) is 0 Å². The van der Waals surface area contributed by atoms with Gasteiger partial charge in [0, 0.05) is 17.0 Å². The van der Waals surface area contributed by atoms with E-state index in [1.807, 2.05) is 6.08 Å². The van der Waals surface area contributed by atoms with E-state index < -0.39 is 0 Å². The Kier molecular flexibility index (Phi) is 5.45. The highest BCUT2D eigenvalue weighted by atomic mass is 15.1. The molecule has 2 heteroatoms. The molecule has 1 unspecified atom stereocenters. The summed E-state index contributed by atoms with van der Waals surface area (Å²) in [6, 6.07) is 2.34. The smallest absolute Gasteiger partial charge is 0.0683 e. The van der Waals surface area contributed by atoms with Crippen LogP contribution in [0.5, 0.6) is 0 Å². The van der Waals surface area contributed by atoms with E-state index in [1.165, 1.54) is 62.8 Å². The third kappa shape index (κ3) is 3.97. The van der Waals surface area contributed by atoms with Gasteiger partial charge in [-0.1, -0.05) is 39.2 Å². The van der Waals surface area contributed by atoms with Gasteiger partial charge in [-0.05, 0) is 44.6 Å². The summed E-state index contributed by atoms with van der Waals surface area (Å²) in [5.41, 5.74) is 3.04. The van der Waals surface area contributed by atoms with Crippen molar-refractivity contribution in [3.8, 4) is 0 Å². The summed E-state index contributed by atoms with van der Waals surface area (Å²) in [6.45, 7) is 8.43. The summed E-state index contributed by atoms with van der Waals surface area (Å²) in [5.74, 6) is 0.657. The highest BCUT2D eigenvalue weighted by molar-refractivity contribution is 5.25. The first-order chi connectivity index (χ1) is 9.69. The normalized spacial score (nSPS) is 17.9. The predicted molar refractivity (Wildman–Crippen MR) is 86.1 cm³/mol. The zero-order valence-corrected chi connectivity index (χ0v) is 13.3. The zero-order chi connectivity index (χ0) is 14.4. The number of nitrogens with one attached hydrogen (secondary N) is 1. The Hall–Kier alpha value is -1.05. The molecule has 0 amide bonds. The van der Waals surface area contributed by atoms with Crippen molar-refractivity contribution in [3.63, 3.8) is 0 Å². The lowest BCUT2D eigenvalue weighted by Gasteiger charge is -2.14. The Morgan fingerprint density at radius 3 is 2.75 bits per heavy atom. The molecule has 0 radical (unpaired) electrons. The zero-order valence-electron chi connectivity index (χ0n) is 13.3. The van der Waals surface area contributed by atoms with E-state index in [1.54, 1.807) is 0 Å². The Morgan fingerprint density at radius 1 is 1.35 bits per heavy atom. The molecular formula is C18H30N2. The highest BCUT2D eigenvalue weighted by Gasteiger charge is 2.41. The molecule has 0 aliphatic heterocycles. The third-order valence-corrected chi connectivity index (χ3v) is 4.77. The van der Waals surface area contributed by atoms with Gasteiger partial charge >= 0.3 is 0 Å². The molecule has 1 heterocycles. The lowest BCUT2D eigenvalue weighted by molar-refractivity contribution is 0.510. The van der Waals surface area contributed by atoms with E-state index in [0.29, 0.717) is 11.3 Å². The summed E-state index contributed by atoms with van der Waals surface area (Å²) in [6.07, 6.45) is 13.5. The first kappa shape index (κ1) is 15.3. The van der Waals surface area contributed by atoms with Gasteiger partial charge in [0.05, 0.1) is 5.69 Å². The summed E-state index contributed by atoms with van der Waals surface area (Å²) in [7, 11) is 0. The van der Waals surface area contributed by atoms with E-state index in [2.05, 4.69) is 36.7 Å². The largest absolute Gasteiger partial charge is 0.282 e. The maximum absolute atomic E-state index is 4.58. The molecule has 1 fully saturated rings. The number of aromatic nitrogens is 2. The second-order valence-corrected chi connectivity index (χ2v) is 6.68. The van der Waals surface area contributed by atoms with Crippen molar-refractivity contribution in [2.24, 2.45) is 0 Å². The highest BCUT2D eigenvalue weighted by Crippen LogP contribution is 2.47. The minimum absolute atomic E-state index is 0.379. The van der Waals surface area contributed by atoms with Crippen molar-refractivity contribution in [2.45, 2.75) is 83.0 Å². The van der Waals surface area contributed by atoms with E-state index in [-0.39, 0.29) is 0 Å². The fraction of sp³-hybridized carbons (Fsp3) is 0.722. The van der Waals surface area contributed by atoms with Gasteiger partial charge in [-0.15, -0.1) is 6.58 Å². The molecule has 1 saturated carbocycles. The van der Waals surface area contributed by atoms with Crippen molar-refractivity contribution in [1.82, 2.24) is 10.2 Å². The number of nitrogens with zero attached hydrogens (tertiary/aromatic N) is 1. The molecule has 0 spiro atoms. The molecule has 2 rings (SSSR count). The molecule has 0 bridgehead atoms. The van der Waals surface area contributed by atoms with Gasteiger partial charge < -0.3 is 0 Å². The predicted octanol–water partition coefficient (Wildman–Crippen LogP) is 5.48. The van der Waals surface area contributed by atoms with Crippen LogP contribution < -0.4 is 0 Å². The molecule has 1 atom stereocenters. The van der Waals surface area contributed by atoms with Crippen LogP contribution in [0.15, 0.2) is 18.7 Å². The molecule has 1 aliphatic carbocycles. The number of unbranched alkanes of at least 4 members (excludes halogenated alkanes) is 3. The fourth-order valence-corrected chi connectivity index (χ4v) is 2.90. The number of hydrogen-bond acceptors (Lipinski definition) is 1. The van der Waals surface area contributed by atoms with Crippen molar-refractivity contribution in [3.05, 3.63) is 30.1 Å². The van der Waals surface area contributed by atoms with Gasteiger partial charge in [0.15, 0.2) is 0 Å². The van der Waals surface area contributed by atoms with Gasteiger partial charge in [-0.2, -0.15) is 5.10 Å². The number of rotatable bonds is 10. The minimum Gasteiger partial charge on any atom is -0.282 e. The Balaban J connectivity index is 1.96. The number of aromatic amines is 1. The van der Waals surface area contributed by atoms with Crippen molar-refractivity contribution < 1.29 is 0 Å². The maximum Gasteiger partial charge on any atom is 0.0683 e. The van der Waals surface area contributed by atoms with Gasteiger partial charge in [0.1, 0.15) is 0 Å². The number of hydrogen-bond donors (Lipinski definition) is 1. The van der Waals surface area contributed by atoms with Crippen molar-refractivity contribution >= 4 is 0 Å². The van der Waals surface area contributed by atoms with Crippen molar-refractivity contribution in [2.75, 3.05) is 0 Å². The Bertz CT molecular complexity index is 415. The van der Waals surface area contributed by atoms with Gasteiger partial charge in [-0.25, -0.2) is 0 Å². The maximum atomic E-state index is 4.58. The van der Waals surface area contributed by atoms with Crippen LogP contribution in [0.1, 0.15) is 88.9 Å². The minimum atomic E-state index is 0.379. The lowest BCUT2D eigenvalue weighted by atomic mass is 9.91. The van der Waals surface area contributed by atoms with Gasteiger partial charge in [-0.3, -0.25) is 5.10 Å². The summed E-state index contributed by atoms with van der Waals surface area (Å²) < 4.78 is 0. The molecule has 0 aromatic carbocycles. The van der Waals surface area contributed by atoms with Crippen molar-refractivity contribution in [1.29, 1.82) is 0 Å². The molecule has 1 aromatic heterocycles. The third-order valence-electron chi connectivity index (χ3n) is 4.77. The molecule has 1 aliphatic rings. The molecule has 0 saturated heterocycles. The van der Waals surface area contributed by atoms with Crippen LogP contribution >= 0.6 is 0 Å². The SMILES string of the molecule is C=CCCCC(CCCCC)c1cc(C2(C)CC2)n[nH]1. The van der Waals surface area contributed by atoms with Crippen LogP contribution in [0.4, 0.5) is 0 Å². The molecule has 1 aromatic rings. The molecule has 20 heavy (non-hydrogen) atoms. The van der Waals surface area contributed by atoms with Crippen LogP contribution in [0.2, 0.25) is 0 Å². The standard InChI is InChI=1S/C18H30N2/c1-4-6-8-10-15(11-9-7-5-2)16-14-17(20-19-16)18(3)12-13-18/h4,14-15H,1,5-13H2,2-3H3,(H,19,20). The summed E-state index contributed by atoms with van der Waals surface area (Å²) >= 11 is 0. The monoisotopic (exact) mass is 274 g/mol. The second kappa shape index (κ2) is 7.10.